The molecule has 0 amide bonds. The van der Waals surface area contributed by atoms with E-state index in [9.17, 15) is 0 Å². The highest BCUT2D eigenvalue weighted by Crippen LogP contribution is 1.95. The quantitative estimate of drug-likeness (QED) is 0.522. The fraction of sp³-hybridized carbons (Fsp3) is 1.00. The molecule has 0 atom stereocenters. The van der Waals surface area contributed by atoms with Gasteiger partial charge in [0.1, 0.15) is 0 Å². The van der Waals surface area contributed by atoms with Crippen LogP contribution < -0.4 is 11.5 Å². The summed E-state index contributed by atoms with van der Waals surface area (Å²) < 4.78 is 0. The minimum absolute atomic E-state index is 0.799. The van der Waals surface area contributed by atoms with Gasteiger partial charge < -0.3 is 16.4 Å². The minimum Gasteiger partial charge on any atom is -0.330 e. The number of hydrogen-bond acceptors (Lipinski definition) is 3. The molecule has 0 heterocycles. The van der Waals surface area contributed by atoms with Crippen LogP contribution in [0.25, 0.3) is 0 Å². The molecule has 0 aliphatic rings. The smallest absolute Gasteiger partial charge is 0.000683 e. The Morgan fingerprint density at radius 2 is 1.50 bits per heavy atom. The van der Waals surface area contributed by atoms with Gasteiger partial charge in [0.05, 0.1) is 0 Å². The molecule has 0 fully saturated rings. The highest BCUT2D eigenvalue weighted by Gasteiger charge is 1.99. The van der Waals surface area contributed by atoms with E-state index in [4.69, 9.17) is 11.5 Å². The Morgan fingerprint density at radius 1 is 0.917 bits per heavy atom. The Labute approximate surface area is 76.1 Å². The molecule has 0 aromatic rings. The lowest BCUT2D eigenvalue weighted by Gasteiger charge is -2.19. The molecule has 0 radical (unpaired) electrons. The van der Waals surface area contributed by atoms with Crippen LogP contribution in [0.1, 0.15) is 26.2 Å². The van der Waals surface area contributed by atoms with Crippen LogP contribution in [0, 0.1) is 0 Å². The Morgan fingerprint density at radius 3 is 2.00 bits per heavy atom. The first-order valence-corrected chi connectivity index (χ1v) is 4.97. The van der Waals surface area contributed by atoms with E-state index in [0.29, 0.717) is 0 Å². The SMILES string of the molecule is CCN(CCCN)CCCCN. The summed E-state index contributed by atoms with van der Waals surface area (Å²) in [6.45, 7) is 7.25. The van der Waals surface area contributed by atoms with Crippen LogP contribution in [-0.2, 0) is 0 Å². The zero-order chi connectivity index (χ0) is 9.23. The number of hydrogen-bond donors (Lipinski definition) is 2. The third kappa shape index (κ3) is 6.58. The average molecular weight is 173 g/mol. The summed E-state index contributed by atoms with van der Waals surface area (Å²) in [6.07, 6.45) is 3.46. The van der Waals surface area contributed by atoms with Crippen molar-refractivity contribution in [1.29, 1.82) is 0 Å². The molecular weight excluding hydrogens is 150 g/mol. The molecular formula is C9H23N3. The molecule has 0 unspecified atom stereocenters. The van der Waals surface area contributed by atoms with Gasteiger partial charge in [0, 0.05) is 0 Å². The van der Waals surface area contributed by atoms with Crippen LogP contribution >= 0.6 is 0 Å². The van der Waals surface area contributed by atoms with Gasteiger partial charge in [-0.15, -0.1) is 0 Å². The first kappa shape index (κ1) is 11.9. The predicted molar refractivity (Wildman–Crippen MR) is 54.1 cm³/mol. The molecule has 74 valence electrons. The van der Waals surface area contributed by atoms with Gasteiger partial charge in [0.25, 0.3) is 0 Å². The van der Waals surface area contributed by atoms with Gasteiger partial charge in [-0.3, -0.25) is 0 Å². The molecule has 12 heavy (non-hydrogen) atoms. The Balaban J connectivity index is 3.26. The molecule has 0 saturated carbocycles. The minimum atomic E-state index is 0.799. The van der Waals surface area contributed by atoms with E-state index in [2.05, 4.69) is 11.8 Å². The van der Waals surface area contributed by atoms with Crippen molar-refractivity contribution in [1.82, 2.24) is 4.90 Å². The topological polar surface area (TPSA) is 55.3 Å². The molecule has 0 spiro atoms. The summed E-state index contributed by atoms with van der Waals surface area (Å²) in [5, 5.41) is 0. The largest absolute Gasteiger partial charge is 0.330 e. The summed E-state index contributed by atoms with van der Waals surface area (Å²) in [6, 6.07) is 0. The maximum Gasteiger partial charge on any atom is -0.000683 e. The van der Waals surface area contributed by atoms with Gasteiger partial charge in [-0.2, -0.15) is 0 Å². The molecule has 0 aromatic heterocycles. The molecule has 0 rings (SSSR count). The Bertz CT molecular complexity index is 85.8. The lowest BCUT2D eigenvalue weighted by atomic mass is 10.3. The lowest BCUT2D eigenvalue weighted by Crippen LogP contribution is -2.27. The Kier molecular flexibility index (Phi) is 8.88. The van der Waals surface area contributed by atoms with Gasteiger partial charge in [-0.1, -0.05) is 6.92 Å². The molecule has 0 aromatic carbocycles. The molecule has 0 bridgehead atoms. The fourth-order valence-electron chi connectivity index (χ4n) is 1.22. The predicted octanol–water partition coefficient (Wildman–Crippen LogP) is 0.396. The van der Waals surface area contributed by atoms with Crippen molar-refractivity contribution in [3.63, 3.8) is 0 Å². The summed E-state index contributed by atoms with van der Waals surface area (Å²) in [7, 11) is 0. The van der Waals surface area contributed by atoms with Crippen molar-refractivity contribution in [3.05, 3.63) is 0 Å². The highest BCUT2D eigenvalue weighted by molar-refractivity contribution is 4.56. The van der Waals surface area contributed by atoms with Crippen molar-refractivity contribution in [3.8, 4) is 0 Å². The van der Waals surface area contributed by atoms with Crippen molar-refractivity contribution in [2.24, 2.45) is 11.5 Å². The standard InChI is InChI=1S/C9H23N3/c1-2-12(9-5-7-11)8-4-3-6-10/h2-11H2,1H3. The highest BCUT2D eigenvalue weighted by atomic mass is 15.1. The maximum atomic E-state index is 5.44. The van der Waals surface area contributed by atoms with Crippen molar-refractivity contribution in [2.45, 2.75) is 26.2 Å². The van der Waals surface area contributed by atoms with E-state index >= 15 is 0 Å². The summed E-state index contributed by atoms with van der Waals surface area (Å²) >= 11 is 0. The molecule has 0 saturated heterocycles. The number of nitrogens with zero attached hydrogens (tertiary/aromatic N) is 1. The van der Waals surface area contributed by atoms with E-state index in [-0.39, 0.29) is 0 Å². The number of nitrogens with two attached hydrogens (primary N) is 2. The first-order valence-electron chi connectivity index (χ1n) is 4.97. The second-order valence-corrected chi connectivity index (χ2v) is 3.07. The van der Waals surface area contributed by atoms with E-state index in [0.717, 1.165) is 39.0 Å². The summed E-state index contributed by atoms with van der Waals surface area (Å²) in [4.78, 5) is 2.43. The van der Waals surface area contributed by atoms with Crippen LogP contribution in [0.5, 0.6) is 0 Å². The second kappa shape index (κ2) is 8.97. The van der Waals surface area contributed by atoms with Gasteiger partial charge in [-0.05, 0) is 52.0 Å². The zero-order valence-corrected chi connectivity index (χ0v) is 8.26. The van der Waals surface area contributed by atoms with Gasteiger partial charge in [0.15, 0.2) is 0 Å². The van der Waals surface area contributed by atoms with Crippen LogP contribution in [0.4, 0.5) is 0 Å². The molecule has 3 heteroatoms. The van der Waals surface area contributed by atoms with Crippen molar-refractivity contribution in [2.75, 3.05) is 32.7 Å². The molecule has 0 aliphatic carbocycles. The number of rotatable bonds is 8. The summed E-state index contributed by atoms with van der Waals surface area (Å²) in [5.74, 6) is 0. The van der Waals surface area contributed by atoms with Crippen LogP contribution in [-0.4, -0.2) is 37.6 Å². The van der Waals surface area contributed by atoms with Crippen molar-refractivity contribution < 1.29 is 0 Å². The fourth-order valence-corrected chi connectivity index (χ4v) is 1.22. The van der Waals surface area contributed by atoms with E-state index in [1.54, 1.807) is 0 Å². The maximum absolute atomic E-state index is 5.44. The van der Waals surface area contributed by atoms with Crippen LogP contribution in [0.2, 0.25) is 0 Å². The van der Waals surface area contributed by atoms with Gasteiger partial charge >= 0.3 is 0 Å². The monoisotopic (exact) mass is 173 g/mol. The van der Waals surface area contributed by atoms with Crippen molar-refractivity contribution >= 4 is 0 Å². The average Bonchev–Trinajstić information content (AvgIpc) is 2.11. The molecule has 4 N–H and O–H groups in total. The van der Waals surface area contributed by atoms with Gasteiger partial charge in [0.2, 0.25) is 0 Å². The van der Waals surface area contributed by atoms with Gasteiger partial charge in [-0.25, -0.2) is 0 Å². The third-order valence-corrected chi connectivity index (χ3v) is 2.05. The normalized spacial score (nSPS) is 11.0. The zero-order valence-electron chi connectivity index (χ0n) is 8.26. The number of unbranched alkanes of at least 4 members (excludes halogenated alkanes) is 1. The van der Waals surface area contributed by atoms with E-state index < -0.39 is 0 Å². The Hall–Kier alpha value is -0.120. The van der Waals surface area contributed by atoms with E-state index in [1.165, 1.54) is 13.0 Å². The van der Waals surface area contributed by atoms with E-state index in [1.807, 2.05) is 0 Å². The lowest BCUT2D eigenvalue weighted by molar-refractivity contribution is 0.280. The summed E-state index contributed by atoms with van der Waals surface area (Å²) in [5.41, 5.74) is 10.9. The van der Waals surface area contributed by atoms with Crippen LogP contribution in [0.15, 0.2) is 0 Å². The van der Waals surface area contributed by atoms with Crippen LogP contribution in [0.3, 0.4) is 0 Å². The first-order chi connectivity index (χ1) is 5.85. The molecule has 0 aliphatic heterocycles. The third-order valence-electron chi connectivity index (χ3n) is 2.05. The molecule has 3 nitrogen and oxygen atoms in total. The second-order valence-electron chi connectivity index (χ2n) is 3.07.